The molecule has 1 heterocycles. The summed E-state index contributed by atoms with van der Waals surface area (Å²) in [4.78, 5) is 36.8. The summed E-state index contributed by atoms with van der Waals surface area (Å²) >= 11 is 0. The van der Waals surface area contributed by atoms with Crippen LogP contribution >= 0.6 is 0 Å². The average Bonchev–Trinajstić information content (AvgIpc) is 2.79. The third kappa shape index (κ3) is 2.72. The highest BCUT2D eigenvalue weighted by molar-refractivity contribution is 6.08. The first kappa shape index (κ1) is 13.8. The Kier molecular flexibility index (Phi) is 3.28. The van der Waals surface area contributed by atoms with E-state index >= 15 is 0 Å². The van der Waals surface area contributed by atoms with Crippen molar-refractivity contribution in [3.05, 3.63) is 0 Å². The van der Waals surface area contributed by atoms with Gasteiger partial charge in [0.05, 0.1) is 0 Å². The van der Waals surface area contributed by atoms with Crippen LogP contribution in [0.4, 0.5) is 4.79 Å². The number of imide groups is 1. The number of carbonyl (C=O) groups is 3. The van der Waals surface area contributed by atoms with E-state index in [0.717, 1.165) is 17.7 Å². The molecular formula is C13H20N2O4. The first-order valence-corrected chi connectivity index (χ1v) is 6.59. The number of hydrogen-bond acceptors (Lipinski definition) is 4. The first-order chi connectivity index (χ1) is 8.73. The van der Waals surface area contributed by atoms with Crippen LogP contribution in [0.1, 0.15) is 46.5 Å². The van der Waals surface area contributed by atoms with Crippen molar-refractivity contribution >= 4 is 17.9 Å². The van der Waals surface area contributed by atoms with E-state index in [1.165, 1.54) is 0 Å². The lowest BCUT2D eigenvalue weighted by molar-refractivity contribution is -0.157. The second-order valence-corrected chi connectivity index (χ2v) is 6.20. The minimum Gasteiger partial charge on any atom is -0.459 e. The van der Waals surface area contributed by atoms with Gasteiger partial charge in [-0.15, -0.1) is 0 Å². The van der Waals surface area contributed by atoms with Crippen molar-refractivity contribution in [1.29, 1.82) is 0 Å². The van der Waals surface area contributed by atoms with Gasteiger partial charge in [-0.25, -0.2) is 4.79 Å². The highest BCUT2D eigenvalue weighted by Gasteiger charge is 2.52. The van der Waals surface area contributed by atoms with Crippen LogP contribution in [0, 0.1) is 0 Å². The summed E-state index contributed by atoms with van der Waals surface area (Å²) in [6, 6.07) is -0.488. The largest absolute Gasteiger partial charge is 0.459 e. The van der Waals surface area contributed by atoms with Crippen LogP contribution in [0.15, 0.2) is 0 Å². The maximum Gasteiger partial charge on any atom is 0.326 e. The molecule has 106 valence electrons. The molecule has 1 aliphatic carbocycles. The number of nitrogens with zero attached hydrogens (tertiary/aromatic N) is 1. The predicted molar refractivity (Wildman–Crippen MR) is 67.3 cm³/mol. The molecule has 2 rings (SSSR count). The van der Waals surface area contributed by atoms with Gasteiger partial charge >= 0.3 is 12.0 Å². The number of urea groups is 1. The molecule has 1 aliphatic heterocycles. The summed E-state index contributed by atoms with van der Waals surface area (Å²) in [7, 11) is 0. The molecule has 6 nitrogen and oxygen atoms in total. The van der Waals surface area contributed by atoms with Crippen LogP contribution in [-0.2, 0) is 14.3 Å². The fourth-order valence-electron chi connectivity index (χ4n) is 2.64. The van der Waals surface area contributed by atoms with Gasteiger partial charge in [0.15, 0.2) is 0 Å². The number of amides is 3. The van der Waals surface area contributed by atoms with E-state index in [4.69, 9.17) is 4.74 Å². The highest BCUT2D eigenvalue weighted by atomic mass is 16.6. The molecule has 2 fully saturated rings. The third-order valence-corrected chi connectivity index (χ3v) is 3.41. The summed E-state index contributed by atoms with van der Waals surface area (Å²) in [6.45, 7) is 4.92. The Labute approximate surface area is 112 Å². The van der Waals surface area contributed by atoms with Crippen molar-refractivity contribution in [2.45, 2.75) is 57.6 Å². The molecule has 0 aromatic carbocycles. The maximum absolute atomic E-state index is 12.3. The van der Waals surface area contributed by atoms with Gasteiger partial charge in [0.1, 0.15) is 17.7 Å². The van der Waals surface area contributed by atoms with Crippen molar-refractivity contribution < 1.29 is 19.1 Å². The Balaban J connectivity index is 2.03. The fourth-order valence-corrected chi connectivity index (χ4v) is 2.64. The average molecular weight is 268 g/mol. The lowest BCUT2D eigenvalue weighted by Gasteiger charge is -2.22. The molecule has 3 amide bonds. The monoisotopic (exact) mass is 268 g/mol. The van der Waals surface area contributed by atoms with E-state index in [1.54, 1.807) is 20.8 Å². The Morgan fingerprint density at radius 3 is 2.42 bits per heavy atom. The third-order valence-electron chi connectivity index (χ3n) is 3.41. The normalized spacial score (nSPS) is 21.9. The van der Waals surface area contributed by atoms with Crippen molar-refractivity contribution in [1.82, 2.24) is 10.2 Å². The zero-order valence-corrected chi connectivity index (χ0v) is 11.6. The summed E-state index contributed by atoms with van der Waals surface area (Å²) in [5, 5.41) is 2.73. The molecule has 6 heteroatoms. The number of nitrogens with one attached hydrogen (secondary N) is 1. The molecule has 19 heavy (non-hydrogen) atoms. The van der Waals surface area contributed by atoms with Crippen LogP contribution < -0.4 is 5.32 Å². The highest BCUT2D eigenvalue weighted by Crippen LogP contribution is 2.34. The van der Waals surface area contributed by atoms with Gasteiger partial charge in [0, 0.05) is 0 Å². The predicted octanol–water partition coefficient (Wildman–Crippen LogP) is 1.19. The minimum atomic E-state index is -0.765. The molecule has 0 bridgehead atoms. The van der Waals surface area contributed by atoms with Crippen LogP contribution in [0.3, 0.4) is 0 Å². The molecule has 1 saturated heterocycles. The lowest BCUT2D eigenvalue weighted by Crippen LogP contribution is -2.44. The zero-order valence-electron chi connectivity index (χ0n) is 11.6. The molecular weight excluding hydrogens is 248 g/mol. The molecule has 1 N–H and O–H groups in total. The summed E-state index contributed by atoms with van der Waals surface area (Å²) in [6.07, 6.45) is 3.16. The van der Waals surface area contributed by atoms with Gasteiger partial charge in [-0.05, 0) is 33.6 Å². The lowest BCUT2D eigenvalue weighted by atomic mass is 9.98. The van der Waals surface area contributed by atoms with E-state index in [9.17, 15) is 14.4 Å². The van der Waals surface area contributed by atoms with Gasteiger partial charge in [-0.3, -0.25) is 14.5 Å². The van der Waals surface area contributed by atoms with Gasteiger partial charge in [-0.1, -0.05) is 12.8 Å². The van der Waals surface area contributed by atoms with E-state index in [2.05, 4.69) is 5.32 Å². The molecule has 0 aromatic rings. The molecule has 0 unspecified atom stereocenters. The van der Waals surface area contributed by atoms with E-state index in [-0.39, 0.29) is 12.5 Å². The SMILES string of the molecule is CC(C)(C)OC(=O)CN1C(=O)NC2(CCCC2)C1=O. The molecule has 0 atom stereocenters. The van der Waals surface area contributed by atoms with Crippen molar-refractivity contribution in [3.63, 3.8) is 0 Å². The Bertz CT molecular complexity index is 419. The number of rotatable bonds is 2. The van der Waals surface area contributed by atoms with Crippen LogP contribution in [0.5, 0.6) is 0 Å². The topological polar surface area (TPSA) is 75.7 Å². The molecule has 2 aliphatic rings. The molecule has 0 radical (unpaired) electrons. The van der Waals surface area contributed by atoms with E-state index in [0.29, 0.717) is 12.8 Å². The van der Waals surface area contributed by atoms with Crippen molar-refractivity contribution in [2.75, 3.05) is 6.54 Å². The Morgan fingerprint density at radius 2 is 1.89 bits per heavy atom. The van der Waals surface area contributed by atoms with Crippen molar-refractivity contribution in [2.24, 2.45) is 0 Å². The summed E-state index contributed by atoms with van der Waals surface area (Å²) in [5.74, 6) is -0.855. The second-order valence-electron chi connectivity index (χ2n) is 6.20. The van der Waals surface area contributed by atoms with Crippen molar-refractivity contribution in [3.8, 4) is 0 Å². The Hall–Kier alpha value is -1.59. The fraction of sp³-hybridized carbons (Fsp3) is 0.769. The van der Waals surface area contributed by atoms with Gasteiger partial charge in [0.2, 0.25) is 0 Å². The van der Waals surface area contributed by atoms with Crippen LogP contribution in [-0.4, -0.2) is 40.5 Å². The standard InChI is InChI=1S/C13H20N2O4/c1-12(2,3)19-9(16)8-15-10(17)13(14-11(15)18)6-4-5-7-13/h4-8H2,1-3H3,(H,14,18). The second kappa shape index (κ2) is 4.51. The maximum atomic E-state index is 12.3. The number of carbonyl (C=O) groups excluding carboxylic acids is 3. The minimum absolute atomic E-state index is 0.291. The molecule has 0 aromatic heterocycles. The van der Waals surface area contributed by atoms with Gasteiger partial charge < -0.3 is 10.1 Å². The summed E-state index contributed by atoms with van der Waals surface area (Å²) < 4.78 is 5.13. The van der Waals surface area contributed by atoms with Crippen LogP contribution in [0.25, 0.3) is 0 Å². The number of hydrogen-bond donors (Lipinski definition) is 1. The Morgan fingerprint density at radius 1 is 1.32 bits per heavy atom. The van der Waals surface area contributed by atoms with Gasteiger partial charge in [0.25, 0.3) is 5.91 Å². The smallest absolute Gasteiger partial charge is 0.326 e. The van der Waals surface area contributed by atoms with E-state index < -0.39 is 23.1 Å². The number of ether oxygens (including phenoxy) is 1. The quantitative estimate of drug-likeness (QED) is 0.603. The number of esters is 1. The molecule has 1 spiro atoms. The molecule has 1 saturated carbocycles. The zero-order chi connectivity index (χ0) is 14.3. The first-order valence-electron chi connectivity index (χ1n) is 6.59. The summed E-state index contributed by atoms with van der Waals surface area (Å²) in [5.41, 5.74) is -1.39. The van der Waals surface area contributed by atoms with Crippen LogP contribution in [0.2, 0.25) is 0 Å². The van der Waals surface area contributed by atoms with E-state index in [1.807, 2.05) is 0 Å². The van der Waals surface area contributed by atoms with Gasteiger partial charge in [-0.2, -0.15) is 0 Å².